The summed E-state index contributed by atoms with van der Waals surface area (Å²) in [6.45, 7) is 2.02. The van der Waals surface area contributed by atoms with E-state index < -0.39 is 0 Å². The standard InChI is InChI=1S/C20H18N2O2/c1-14-3-2-4-17(13-14)21-22-20(15-5-9-18(23)10-6-15)16-7-11-19(24)12-8-16/h2-13,21,23-24H,1H3. The lowest BCUT2D eigenvalue weighted by Crippen LogP contribution is -2.06. The number of hydrazone groups is 1. The second-order valence-electron chi connectivity index (χ2n) is 5.54. The minimum Gasteiger partial charge on any atom is -0.508 e. The number of phenols is 2. The first-order valence-corrected chi connectivity index (χ1v) is 7.61. The molecule has 3 aromatic carbocycles. The van der Waals surface area contributed by atoms with Gasteiger partial charge in [0.15, 0.2) is 0 Å². The first-order chi connectivity index (χ1) is 11.6. The summed E-state index contributed by atoms with van der Waals surface area (Å²) in [5.41, 5.74) is 7.55. The van der Waals surface area contributed by atoms with Crippen LogP contribution in [-0.4, -0.2) is 15.9 Å². The normalized spacial score (nSPS) is 10.2. The maximum absolute atomic E-state index is 9.50. The van der Waals surface area contributed by atoms with Crippen LogP contribution >= 0.6 is 0 Å². The fourth-order valence-electron chi connectivity index (χ4n) is 2.37. The first kappa shape index (κ1) is 15.6. The number of nitrogens with one attached hydrogen (secondary N) is 1. The average molecular weight is 318 g/mol. The van der Waals surface area contributed by atoms with Crippen molar-refractivity contribution in [2.75, 3.05) is 5.43 Å². The lowest BCUT2D eigenvalue weighted by Gasteiger charge is -2.09. The Morgan fingerprint density at radius 2 is 1.33 bits per heavy atom. The molecule has 0 saturated carbocycles. The Morgan fingerprint density at radius 1 is 0.792 bits per heavy atom. The monoisotopic (exact) mass is 318 g/mol. The van der Waals surface area contributed by atoms with E-state index in [1.165, 1.54) is 0 Å². The van der Waals surface area contributed by atoms with Crippen LogP contribution in [0.5, 0.6) is 11.5 Å². The predicted octanol–water partition coefficient (Wildman–Crippen LogP) is 4.27. The molecular weight excluding hydrogens is 300 g/mol. The summed E-state index contributed by atoms with van der Waals surface area (Å²) in [5, 5.41) is 23.5. The van der Waals surface area contributed by atoms with Crippen LogP contribution in [-0.2, 0) is 0 Å². The van der Waals surface area contributed by atoms with Crippen LogP contribution in [0.2, 0.25) is 0 Å². The predicted molar refractivity (Wildman–Crippen MR) is 96.7 cm³/mol. The minimum atomic E-state index is 0.204. The topological polar surface area (TPSA) is 64.9 Å². The third kappa shape index (κ3) is 3.73. The second kappa shape index (κ2) is 6.87. The van der Waals surface area contributed by atoms with Crippen molar-refractivity contribution in [3.8, 4) is 11.5 Å². The van der Waals surface area contributed by atoms with Gasteiger partial charge in [-0.05, 0) is 73.2 Å². The van der Waals surface area contributed by atoms with Gasteiger partial charge in [0.1, 0.15) is 11.5 Å². The summed E-state index contributed by atoms with van der Waals surface area (Å²) in [6.07, 6.45) is 0. The number of nitrogens with zero attached hydrogens (tertiary/aromatic N) is 1. The number of hydrogen-bond donors (Lipinski definition) is 3. The molecule has 3 aromatic rings. The van der Waals surface area contributed by atoms with E-state index in [1.807, 2.05) is 31.2 Å². The Bertz CT molecular complexity index is 806. The lowest BCUT2D eigenvalue weighted by molar-refractivity contribution is 0.475. The first-order valence-electron chi connectivity index (χ1n) is 7.61. The van der Waals surface area contributed by atoms with E-state index in [1.54, 1.807) is 48.5 Å². The highest BCUT2D eigenvalue weighted by molar-refractivity contribution is 6.13. The molecule has 0 radical (unpaired) electrons. The number of aryl methyl sites for hydroxylation is 1. The van der Waals surface area contributed by atoms with Crippen LogP contribution < -0.4 is 5.43 Å². The molecule has 120 valence electrons. The van der Waals surface area contributed by atoms with Gasteiger partial charge in [-0.25, -0.2) is 0 Å². The van der Waals surface area contributed by atoms with E-state index in [2.05, 4.69) is 10.5 Å². The van der Waals surface area contributed by atoms with Gasteiger partial charge in [0, 0.05) is 11.1 Å². The molecule has 0 aliphatic rings. The number of rotatable bonds is 4. The number of aromatic hydroxyl groups is 2. The van der Waals surface area contributed by atoms with Crippen LogP contribution in [0, 0.1) is 6.92 Å². The molecule has 0 spiro atoms. The Kier molecular flexibility index (Phi) is 4.47. The molecule has 3 rings (SSSR count). The van der Waals surface area contributed by atoms with Crippen molar-refractivity contribution in [2.24, 2.45) is 5.10 Å². The molecule has 0 bridgehead atoms. The minimum absolute atomic E-state index is 0.204. The zero-order valence-corrected chi connectivity index (χ0v) is 13.3. The third-order valence-corrected chi connectivity index (χ3v) is 3.60. The maximum atomic E-state index is 9.50. The van der Waals surface area contributed by atoms with Gasteiger partial charge < -0.3 is 10.2 Å². The Balaban J connectivity index is 1.99. The largest absolute Gasteiger partial charge is 0.508 e. The zero-order valence-electron chi connectivity index (χ0n) is 13.3. The summed E-state index contributed by atoms with van der Waals surface area (Å²) in [4.78, 5) is 0. The SMILES string of the molecule is Cc1cccc(NN=C(c2ccc(O)cc2)c2ccc(O)cc2)c1. The van der Waals surface area contributed by atoms with Crippen LogP contribution in [0.25, 0.3) is 0 Å². The highest BCUT2D eigenvalue weighted by atomic mass is 16.3. The van der Waals surface area contributed by atoms with E-state index in [4.69, 9.17) is 0 Å². The number of anilines is 1. The van der Waals surface area contributed by atoms with Crippen LogP contribution in [0.15, 0.2) is 77.9 Å². The van der Waals surface area contributed by atoms with Crippen molar-refractivity contribution in [3.63, 3.8) is 0 Å². The summed E-state index contributed by atoms with van der Waals surface area (Å²) < 4.78 is 0. The molecule has 0 aliphatic carbocycles. The lowest BCUT2D eigenvalue weighted by atomic mass is 10.0. The molecule has 0 saturated heterocycles. The van der Waals surface area contributed by atoms with E-state index in [-0.39, 0.29) is 11.5 Å². The van der Waals surface area contributed by atoms with Gasteiger partial charge in [0.05, 0.1) is 11.4 Å². The van der Waals surface area contributed by atoms with Crippen molar-refractivity contribution in [2.45, 2.75) is 6.92 Å². The molecule has 0 unspecified atom stereocenters. The van der Waals surface area contributed by atoms with Gasteiger partial charge >= 0.3 is 0 Å². The fraction of sp³-hybridized carbons (Fsp3) is 0.0500. The van der Waals surface area contributed by atoms with Crippen LogP contribution in [0.4, 0.5) is 5.69 Å². The average Bonchev–Trinajstić information content (AvgIpc) is 2.58. The zero-order chi connectivity index (χ0) is 16.9. The van der Waals surface area contributed by atoms with E-state index >= 15 is 0 Å². The molecule has 0 aliphatic heterocycles. The third-order valence-electron chi connectivity index (χ3n) is 3.60. The highest BCUT2D eigenvalue weighted by Crippen LogP contribution is 2.18. The smallest absolute Gasteiger partial charge is 0.115 e. The van der Waals surface area contributed by atoms with Gasteiger partial charge in [0.2, 0.25) is 0 Å². The Hall–Kier alpha value is -3.27. The molecule has 0 heterocycles. The quantitative estimate of drug-likeness (QED) is 0.497. The van der Waals surface area contributed by atoms with E-state index in [0.717, 1.165) is 28.1 Å². The second-order valence-corrected chi connectivity index (χ2v) is 5.54. The van der Waals surface area contributed by atoms with Crippen molar-refractivity contribution in [1.82, 2.24) is 0 Å². The van der Waals surface area contributed by atoms with E-state index in [9.17, 15) is 10.2 Å². The summed E-state index contributed by atoms with van der Waals surface area (Å²) in [7, 11) is 0. The molecule has 24 heavy (non-hydrogen) atoms. The number of benzene rings is 3. The van der Waals surface area contributed by atoms with Gasteiger partial charge in [-0.3, -0.25) is 5.43 Å². The van der Waals surface area contributed by atoms with Crippen molar-refractivity contribution >= 4 is 11.4 Å². The Morgan fingerprint density at radius 3 is 1.83 bits per heavy atom. The van der Waals surface area contributed by atoms with Gasteiger partial charge in [0.25, 0.3) is 0 Å². The van der Waals surface area contributed by atoms with Crippen LogP contribution in [0.1, 0.15) is 16.7 Å². The van der Waals surface area contributed by atoms with E-state index in [0.29, 0.717) is 0 Å². The van der Waals surface area contributed by atoms with Crippen molar-refractivity contribution in [3.05, 3.63) is 89.5 Å². The van der Waals surface area contributed by atoms with Crippen LogP contribution in [0.3, 0.4) is 0 Å². The molecule has 4 nitrogen and oxygen atoms in total. The molecule has 3 N–H and O–H groups in total. The molecule has 4 heteroatoms. The summed E-state index contributed by atoms with van der Waals surface area (Å²) >= 11 is 0. The molecular formula is C20H18N2O2. The summed E-state index contributed by atoms with van der Waals surface area (Å²) in [5.74, 6) is 0.408. The van der Waals surface area contributed by atoms with Gasteiger partial charge in [-0.1, -0.05) is 12.1 Å². The van der Waals surface area contributed by atoms with Crippen molar-refractivity contribution < 1.29 is 10.2 Å². The Labute approximate surface area is 140 Å². The molecule has 0 fully saturated rings. The molecule has 0 atom stereocenters. The van der Waals surface area contributed by atoms with Crippen molar-refractivity contribution in [1.29, 1.82) is 0 Å². The molecule has 0 amide bonds. The fourth-order valence-corrected chi connectivity index (χ4v) is 2.37. The number of phenolic OH excluding ortho intramolecular Hbond substituents is 2. The molecule has 0 aromatic heterocycles. The van der Waals surface area contributed by atoms with Gasteiger partial charge in [-0.15, -0.1) is 0 Å². The summed E-state index contributed by atoms with van der Waals surface area (Å²) in [6, 6.07) is 21.7. The number of hydrogen-bond acceptors (Lipinski definition) is 4. The maximum Gasteiger partial charge on any atom is 0.115 e. The highest BCUT2D eigenvalue weighted by Gasteiger charge is 2.08. The van der Waals surface area contributed by atoms with Gasteiger partial charge in [-0.2, -0.15) is 5.10 Å².